The molecule has 1 heterocycles. The molecule has 1 aliphatic heterocycles. The second-order valence-electron chi connectivity index (χ2n) is 5.27. The largest absolute Gasteiger partial charge is 0.374 e. The summed E-state index contributed by atoms with van der Waals surface area (Å²) >= 11 is 5.87. The van der Waals surface area contributed by atoms with E-state index in [-0.39, 0.29) is 18.1 Å². The molecule has 4 heteroatoms. The predicted molar refractivity (Wildman–Crippen MR) is 74.5 cm³/mol. The standard InChI is InChI=1S/C15H18ClNO2/c16-12-7-5-11(6-8-12)15(18)17-9-10-19-14-4-2-1-3-13(14)17/h5-8,13-14H,1-4,9-10H2/t13-,14-/m1/s1. The molecular formula is C15H18ClNO2. The number of rotatable bonds is 1. The van der Waals surface area contributed by atoms with Crippen molar-refractivity contribution in [3.8, 4) is 0 Å². The minimum atomic E-state index is 0.108. The monoisotopic (exact) mass is 279 g/mol. The Labute approximate surface area is 118 Å². The zero-order chi connectivity index (χ0) is 13.2. The molecule has 1 aliphatic carbocycles. The van der Waals surface area contributed by atoms with Gasteiger partial charge in [-0.15, -0.1) is 0 Å². The lowest BCUT2D eigenvalue weighted by atomic mass is 9.89. The molecule has 102 valence electrons. The zero-order valence-electron chi connectivity index (χ0n) is 10.8. The molecule has 0 spiro atoms. The van der Waals surface area contributed by atoms with Crippen LogP contribution in [0.2, 0.25) is 5.02 Å². The third-order valence-electron chi connectivity index (χ3n) is 4.08. The Balaban J connectivity index is 1.79. The molecule has 0 unspecified atom stereocenters. The van der Waals surface area contributed by atoms with E-state index in [0.29, 0.717) is 18.2 Å². The number of hydrogen-bond acceptors (Lipinski definition) is 2. The van der Waals surface area contributed by atoms with E-state index in [4.69, 9.17) is 16.3 Å². The summed E-state index contributed by atoms with van der Waals surface area (Å²) in [4.78, 5) is 14.6. The van der Waals surface area contributed by atoms with Gasteiger partial charge in [0.2, 0.25) is 0 Å². The van der Waals surface area contributed by atoms with E-state index >= 15 is 0 Å². The first-order valence-corrected chi connectivity index (χ1v) is 7.31. The number of ether oxygens (including phenoxy) is 1. The highest BCUT2D eigenvalue weighted by molar-refractivity contribution is 6.30. The van der Waals surface area contributed by atoms with Crippen LogP contribution in [0.4, 0.5) is 0 Å². The van der Waals surface area contributed by atoms with Crippen LogP contribution in [-0.2, 0) is 4.74 Å². The third-order valence-corrected chi connectivity index (χ3v) is 4.34. The van der Waals surface area contributed by atoms with Crippen molar-refractivity contribution in [1.29, 1.82) is 0 Å². The molecule has 1 amide bonds. The van der Waals surface area contributed by atoms with Crippen molar-refractivity contribution in [3.63, 3.8) is 0 Å². The maximum absolute atomic E-state index is 12.6. The molecule has 2 fully saturated rings. The highest BCUT2D eigenvalue weighted by atomic mass is 35.5. The summed E-state index contributed by atoms with van der Waals surface area (Å²) < 4.78 is 5.80. The second kappa shape index (κ2) is 5.51. The second-order valence-corrected chi connectivity index (χ2v) is 5.70. The average molecular weight is 280 g/mol. The zero-order valence-corrected chi connectivity index (χ0v) is 11.6. The van der Waals surface area contributed by atoms with Crippen LogP contribution in [0.25, 0.3) is 0 Å². The first-order valence-electron chi connectivity index (χ1n) is 6.94. The SMILES string of the molecule is O=C(c1ccc(Cl)cc1)N1CCO[C@@H]2CCCC[C@H]21. The Morgan fingerprint density at radius 3 is 2.74 bits per heavy atom. The Morgan fingerprint density at radius 2 is 1.95 bits per heavy atom. The molecule has 2 atom stereocenters. The van der Waals surface area contributed by atoms with Gasteiger partial charge >= 0.3 is 0 Å². The number of halogens is 1. The van der Waals surface area contributed by atoms with Crippen LogP contribution in [0, 0.1) is 0 Å². The molecule has 0 N–H and O–H groups in total. The van der Waals surface area contributed by atoms with Gasteiger partial charge < -0.3 is 9.64 Å². The van der Waals surface area contributed by atoms with Gasteiger partial charge in [0, 0.05) is 17.1 Å². The molecular weight excluding hydrogens is 262 g/mol. The summed E-state index contributed by atoms with van der Waals surface area (Å²) in [6.45, 7) is 1.35. The smallest absolute Gasteiger partial charge is 0.254 e. The topological polar surface area (TPSA) is 29.5 Å². The quantitative estimate of drug-likeness (QED) is 0.790. The van der Waals surface area contributed by atoms with E-state index in [2.05, 4.69) is 0 Å². The molecule has 1 saturated carbocycles. The Hall–Kier alpha value is -1.06. The number of carbonyl (C=O) groups excluding carboxylic acids is 1. The molecule has 3 rings (SSSR count). The van der Waals surface area contributed by atoms with Crippen molar-refractivity contribution in [1.82, 2.24) is 4.90 Å². The molecule has 0 aromatic heterocycles. The first-order chi connectivity index (χ1) is 9.25. The van der Waals surface area contributed by atoms with Crippen LogP contribution < -0.4 is 0 Å². The van der Waals surface area contributed by atoms with Crippen molar-refractivity contribution < 1.29 is 9.53 Å². The van der Waals surface area contributed by atoms with Crippen molar-refractivity contribution in [2.75, 3.05) is 13.2 Å². The lowest BCUT2D eigenvalue weighted by Crippen LogP contribution is -2.54. The normalized spacial score (nSPS) is 26.9. The highest BCUT2D eigenvalue weighted by Gasteiger charge is 2.36. The highest BCUT2D eigenvalue weighted by Crippen LogP contribution is 2.29. The Kier molecular flexibility index (Phi) is 3.76. The van der Waals surface area contributed by atoms with E-state index in [1.807, 2.05) is 4.90 Å². The fourth-order valence-corrected chi connectivity index (χ4v) is 3.23. The van der Waals surface area contributed by atoms with Gasteiger partial charge in [-0.1, -0.05) is 24.4 Å². The number of carbonyl (C=O) groups is 1. The summed E-state index contributed by atoms with van der Waals surface area (Å²) in [6.07, 6.45) is 4.77. The number of amides is 1. The molecule has 2 aliphatic rings. The van der Waals surface area contributed by atoms with Crippen LogP contribution in [0.15, 0.2) is 24.3 Å². The maximum atomic E-state index is 12.6. The number of benzene rings is 1. The maximum Gasteiger partial charge on any atom is 0.254 e. The number of hydrogen-bond donors (Lipinski definition) is 0. The van der Waals surface area contributed by atoms with E-state index < -0.39 is 0 Å². The van der Waals surface area contributed by atoms with Gasteiger partial charge in [0.15, 0.2) is 0 Å². The van der Waals surface area contributed by atoms with Gasteiger partial charge in [0.1, 0.15) is 0 Å². The van der Waals surface area contributed by atoms with Gasteiger partial charge in [-0.05, 0) is 37.1 Å². The van der Waals surface area contributed by atoms with Crippen LogP contribution in [0.5, 0.6) is 0 Å². The molecule has 19 heavy (non-hydrogen) atoms. The van der Waals surface area contributed by atoms with Gasteiger partial charge in [0.25, 0.3) is 5.91 Å². The summed E-state index contributed by atoms with van der Waals surface area (Å²) in [5.41, 5.74) is 0.718. The molecule has 3 nitrogen and oxygen atoms in total. The van der Waals surface area contributed by atoms with Gasteiger partial charge in [-0.2, -0.15) is 0 Å². The van der Waals surface area contributed by atoms with Gasteiger partial charge in [0.05, 0.1) is 18.8 Å². The first kappa shape index (κ1) is 12.9. The average Bonchev–Trinajstić information content (AvgIpc) is 2.47. The number of morpholine rings is 1. The van der Waals surface area contributed by atoms with E-state index in [1.165, 1.54) is 12.8 Å². The third kappa shape index (κ3) is 2.63. The minimum absolute atomic E-state index is 0.108. The fourth-order valence-electron chi connectivity index (χ4n) is 3.11. The van der Waals surface area contributed by atoms with Crippen LogP contribution >= 0.6 is 11.6 Å². The van der Waals surface area contributed by atoms with E-state index in [1.54, 1.807) is 24.3 Å². The Bertz CT molecular complexity index is 458. The van der Waals surface area contributed by atoms with Crippen molar-refractivity contribution in [2.45, 2.75) is 37.8 Å². The van der Waals surface area contributed by atoms with Crippen LogP contribution in [-0.4, -0.2) is 36.1 Å². The molecule has 0 bridgehead atoms. The lowest BCUT2D eigenvalue weighted by Gasteiger charge is -2.43. The van der Waals surface area contributed by atoms with Crippen molar-refractivity contribution in [3.05, 3.63) is 34.9 Å². The summed E-state index contributed by atoms with van der Waals surface area (Å²) in [5.74, 6) is 0.108. The van der Waals surface area contributed by atoms with Crippen molar-refractivity contribution in [2.24, 2.45) is 0 Å². The van der Waals surface area contributed by atoms with Gasteiger partial charge in [-0.25, -0.2) is 0 Å². The fraction of sp³-hybridized carbons (Fsp3) is 0.533. The molecule has 1 aromatic carbocycles. The molecule has 1 saturated heterocycles. The van der Waals surface area contributed by atoms with Crippen LogP contribution in [0.3, 0.4) is 0 Å². The minimum Gasteiger partial charge on any atom is -0.374 e. The van der Waals surface area contributed by atoms with Crippen molar-refractivity contribution >= 4 is 17.5 Å². The molecule has 1 aromatic rings. The van der Waals surface area contributed by atoms with Gasteiger partial charge in [-0.3, -0.25) is 4.79 Å². The summed E-state index contributed by atoms with van der Waals surface area (Å²) in [5, 5.41) is 0.661. The van der Waals surface area contributed by atoms with Crippen LogP contribution in [0.1, 0.15) is 36.0 Å². The summed E-state index contributed by atoms with van der Waals surface area (Å²) in [7, 11) is 0. The predicted octanol–water partition coefficient (Wildman–Crippen LogP) is 3.12. The van der Waals surface area contributed by atoms with E-state index in [9.17, 15) is 4.79 Å². The Morgan fingerprint density at radius 1 is 1.21 bits per heavy atom. The lowest BCUT2D eigenvalue weighted by molar-refractivity contribution is -0.0752. The number of fused-ring (bicyclic) bond motifs is 1. The van der Waals surface area contributed by atoms with E-state index in [0.717, 1.165) is 18.4 Å². The molecule has 0 radical (unpaired) electrons. The summed E-state index contributed by atoms with van der Waals surface area (Å²) in [6, 6.07) is 7.41. The number of nitrogens with zero attached hydrogens (tertiary/aromatic N) is 1.